The van der Waals surface area contributed by atoms with Gasteiger partial charge in [-0.2, -0.15) is 0 Å². The van der Waals surface area contributed by atoms with Crippen LogP contribution < -0.4 is 10.1 Å². The van der Waals surface area contributed by atoms with Crippen LogP contribution in [0.3, 0.4) is 0 Å². The Morgan fingerprint density at radius 3 is 2.52 bits per heavy atom. The van der Waals surface area contributed by atoms with E-state index in [1.165, 1.54) is 0 Å². The number of nitrogens with one attached hydrogen (secondary N) is 1. The summed E-state index contributed by atoms with van der Waals surface area (Å²) in [6.45, 7) is 4.39. The summed E-state index contributed by atoms with van der Waals surface area (Å²) in [4.78, 5) is 26.7. The Labute approximate surface area is 160 Å². The van der Waals surface area contributed by atoms with E-state index in [0.29, 0.717) is 13.0 Å². The van der Waals surface area contributed by atoms with Crippen molar-refractivity contribution >= 4 is 17.5 Å². The standard InChI is InChI=1S/C22H26N2O3/c1-15(2)22(26)24-13-5-8-20(24)21(25)23-18-11-9-16(10-12-18)17-6-4-7-19(14-17)27-3/h4,6-7,9-12,14-15,20H,5,8,13H2,1-3H3,(H,23,25)/t20-/m0/s1. The van der Waals surface area contributed by atoms with Gasteiger partial charge in [0.2, 0.25) is 11.8 Å². The number of hydrogen-bond donors (Lipinski definition) is 1. The van der Waals surface area contributed by atoms with E-state index in [1.54, 1.807) is 12.0 Å². The molecule has 142 valence electrons. The summed E-state index contributed by atoms with van der Waals surface area (Å²) in [6.07, 6.45) is 1.58. The van der Waals surface area contributed by atoms with Gasteiger partial charge in [-0.05, 0) is 48.2 Å². The lowest BCUT2D eigenvalue weighted by Gasteiger charge is -2.25. The Bertz CT molecular complexity index is 815. The summed E-state index contributed by atoms with van der Waals surface area (Å²) >= 11 is 0. The Morgan fingerprint density at radius 1 is 1.11 bits per heavy atom. The average Bonchev–Trinajstić information content (AvgIpc) is 3.17. The molecule has 0 aliphatic carbocycles. The zero-order valence-electron chi connectivity index (χ0n) is 16.1. The first-order valence-electron chi connectivity index (χ1n) is 9.35. The third kappa shape index (κ3) is 4.30. The van der Waals surface area contributed by atoms with Crippen molar-refractivity contribution in [3.8, 4) is 16.9 Å². The highest BCUT2D eigenvalue weighted by Gasteiger charge is 2.34. The normalized spacial score (nSPS) is 16.4. The minimum absolute atomic E-state index is 0.0426. The van der Waals surface area contributed by atoms with E-state index < -0.39 is 0 Å². The molecule has 1 aliphatic heterocycles. The number of benzene rings is 2. The molecule has 0 spiro atoms. The lowest BCUT2D eigenvalue weighted by atomic mass is 10.0. The molecule has 5 heteroatoms. The highest BCUT2D eigenvalue weighted by atomic mass is 16.5. The molecule has 2 aromatic carbocycles. The molecule has 1 atom stereocenters. The van der Waals surface area contributed by atoms with Gasteiger partial charge in [0.25, 0.3) is 0 Å². The fourth-order valence-corrected chi connectivity index (χ4v) is 3.41. The van der Waals surface area contributed by atoms with E-state index in [2.05, 4.69) is 5.32 Å². The van der Waals surface area contributed by atoms with Gasteiger partial charge in [0.05, 0.1) is 7.11 Å². The van der Waals surface area contributed by atoms with Crippen LogP contribution in [0.5, 0.6) is 5.75 Å². The van der Waals surface area contributed by atoms with Crippen molar-refractivity contribution in [2.45, 2.75) is 32.7 Å². The number of amides is 2. The number of ether oxygens (including phenoxy) is 1. The van der Waals surface area contributed by atoms with Crippen LogP contribution in [0.15, 0.2) is 48.5 Å². The van der Waals surface area contributed by atoms with Crippen molar-refractivity contribution < 1.29 is 14.3 Å². The van der Waals surface area contributed by atoms with Crippen LogP contribution in [0, 0.1) is 5.92 Å². The monoisotopic (exact) mass is 366 g/mol. The van der Waals surface area contributed by atoms with Gasteiger partial charge in [-0.1, -0.05) is 38.1 Å². The third-order valence-electron chi connectivity index (χ3n) is 4.89. The highest BCUT2D eigenvalue weighted by molar-refractivity contribution is 5.97. The predicted molar refractivity (Wildman–Crippen MR) is 107 cm³/mol. The number of carbonyl (C=O) groups is 2. The van der Waals surface area contributed by atoms with Crippen molar-refractivity contribution in [3.63, 3.8) is 0 Å². The van der Waals surface area contributed by atoms with Crippen LogP contribution in [-0.2, 0) is 9.59 Å². The highest BCUT2D eigenvalue weighted by Crippen LogP contribution is 2.26. The molecule has 2 aromatic rings. The predicted octanol–water partition coefficient (Wildman–Crippen LogP) is 3.95. The number of rotatable bonds is 5. The fourth-order valence-electron chi connectivity index (χ4n) is 3.41. The molecular formula is C22H26N2O3. The summed E-state index contributed by atoms with van der Waals surface area (Å²) in [7, 11) is 1.65. The Hall–Kier alpha value is -2.82. The molecule has 1 heterocycles. The zero-order chi connectivity index (χ0) is 19.4. The average molecular weight is 366 g/mol. The molecule has 0 bridgehead atoms. The molecule has 3 rings (SSSR count). The molecule has 2 amide bonds. The summed E-state index contributed by atoms with van der Waals surface area (Å²) in [5.74, 6) is 0.637. The van der Waals surface area contributed by atoms with E-state index in [9.17, 15) is 9.59 Å². The minimum atomic E-state index is -0.377. The molecule has 1 fully saturated rings. The number of likely N-dealkylation sites (tertiary alicyclic amines) is 1. The van der Waals surface area contributed by atoms with Crippen LogP contribution in [0.4, 0.5) is 5.69 Å². The van der Waals surface area contributed by atoms with E-state index in [4.69, 9.17) is 4.74 Å². The maximum absolute atomic E-state index is 12.7. The molecule has 1 saturated heterocycles. The fraction of sp³-hybridized carbons (Fsp3) is 0.364. The van der Waals surface area contributed by atoms with Gasteiger partial charge in [-0.3, -0.25) is 9.59 Å². The molecule has 5 nitrogen and oxygen atoms in total. The topological polar surface area (TPSA) is 58.6 Å². The van der Waals surface area contributed by atoms with Crippen LogP contribution in [0.1, 0.15) is 26.7 Å². The summed E-state index contributed by atoms with van der Waals surface area (Å²) in [6, 6.07) is 15.2. The second kappa shape index (κ2) is 8.25. The molecular weight excluding hydrogens is 340 g/mol. The molecule has 1 aliphatic rings. The van der Waals surface area contributed by atoms with Crippen molar-refractivity contribution in [2.24, 2.45) is 5.92 Å². The van der Waals surface area contributed by atoms with Gasteiger partial charge < -0.3 is 15.0 Å². The second-order valence-electron chi connectivity index (χ2n) is 7.14. The second-order valence-corrected chi connectivity index (χ2v) is 7.14. The van der Waals surface area contributed by atoms with Crippen molar-refractivity contribution in [2.75, 3.05) is 19.0 Å². The van der Waals surface area contributed by atoms with Crippen LogP contribution in [-0.4, -0.2) is 36.4 Å². The van der Waals surface area contributed by atoms with Crippen LogP contribution >= 0.6 is 0 Å². The first-order chi connectivity index (χ1) is 13.0. The largest absolute Gasteiger partial charge is 0.497 e. The smallest absolute Gasteiger partial charge is 0.247 e. The third-order valence-corrected chi connectivity index (χ3v) is 4.89. The lowest BCUT2D eigenvalue weighted by molar-refractivity contribution is -0.139. The summed E-state index contributed by atoms with van der Waals surface area (Å²) < 4.78 is 5.27. The number of methoxy groups -OCH3 is 1. The Kier molecular flexibility index (Phi) is 5.79. The van der Waals surface area contributed by atoms with Crippen molar-refractivity contribution in [1.82, 2.24) is 4.90 Å². The van der Waals surface area contributed by atoms with Crippen LogP contribution in [0.2, 0.25) is 0 Å². The number of hydrogen-bond acceptors (Lipinski definition) is 3. The van der Waals surface area contributed by atoms with Gasteiger partial charge in [0.1, 0.15) is 11.8 Å². The molecule has 0 aromatic heterocycles. The van der Waals surface area contributed by atoms with Crippen LogP contribution in [0.25, 0.3) is 11.1 Å². The first-order valence-corrected chi connectivity index (χ1v) is 9.35. The SMILES string of the molecule is COc1cccc(-c2ccc(NC(=O)[C@@H]3CCCN3C(=O)C(C)C)cc2)c1. The molecule has 1 N–H and O–H groups in total. The van der Waals surface area contributed by atoms with Gasteiger partial charge in [-0.25, -0.2) is 0 Å². The van der Waals surface area contributed by atoms with Crippen molar-refractivity contribution in [3.05, 3.63) is 48.5 Å². The molecule has 0 radical (unpaired) electrons. The maximum atomic E-state index is 12.7. The Morgan fingerprint density at radius 2 is 1.85 bits per heavy atom. The van der Waals surface area contributed by atoms with Crippen molar-refractivity contribution in [1.29, 1.82) is 0 Å². The van der Waals surface area contributed by atoms with Gasteiger partial charge in [-0.15, -0.1) is 0 Å². The first kappa shape index (κ1) is 19.0. The number of carbonyl (C=O) groups excluding carboxylic acids is 2. The number of anilines is 1. The van der Waals surface area contributed by atoms with E-state index in [-0.39, 0.29) is 23.8 Å². The lowest BCUT2D eigenvalue weighted by Crippen LogP contribution is -2.44. The summed E-state index contributed by atoms with van der Waals surface area (Å²) in [5.41, 5.74) is 2.83. The zero-order valence-corrected chi connectivity index (χ0v) is 16.1. The van der Waals surface area contributed by atoms with E-state index in [1.807, 2.05) is 62.4 Å². The van der Waals surface area contributed by atoms with Gasteiger partial charge in [0.15, 0.2) is 0 Å². The van der Waals surface area contributed by atoms with Gasteiger partial charge >= 0.3 is 0 Å². The Balaban J connectivity index is 1.69. The number of nitrogens with zero attached hydrogens (tertiary/aromatic N) is 1. The summed E-state index contributed by atoms with van der Waals surface area (Å²) in [5, 5.41) is 2.95. The molecule has 0 saturated carbocycles. The maximum Gasteiger partial charge on any atom is 0.247 e. The van der Waals surface area contributed by atoms with E-state index in [0.717, 1.165) is 29.0 Å². The van der Waals surface area contributed by atoms with E-state index >= 15 is 0 Å². The van der Waals surface area contributed by atoms with Gasteiger partial charge in [0, 0.05) is 18.2 Å². The molecule has 0 unspecified atom stereocenters. The molecule has 27 heavy (non-hydrogen) atoms. The minimum Gasteiger partial charge on any atom is -0.497 e. The quantitative estimate of drug-likeness (QED) is 0.872.